The van der Waals surface area contributed by atoms with E-state index in [1.807, 2.05) is 52.1 Å². The lowest BCUT2D eigenvalue weighted by Crippen LogP contribution is -2.41. The first-order chi connectivity index (χ1) is 13.2. The van der Waals surface area contributed by atoms with Crippen LogP contribution in [0.4, 0.5) is 0 Å². The van der Waals surface area contributed by atoms with Crippen molar-refractivity contribution in [1.29, 1.82) is 0 Å². The molecule has 0 N–H and O–H groups in total. The molecule has 0 saturated carbocycles. The van der Waals surface area contributed by atoms with Crippen LogP contribution in [0.5, 0.6) is 5.75 Å². The number of hydrogen-bond acceptors (Lipinski definition) is 3. The second-order valence-electron chi connectivity index (χ2n) is 6.94. The molecule has 1 aromatic heterocycles. The maximum Gasteiger partial charge on any atom is 0.253 e. The van der Waals surface area contributed by atoms with Crippen LogP contribution in [0.2, 0.25) is 0 Å². The van der Waals surface area contributed by atoms with E-state index >= 15 is 0 Å². The van der Waals surface area contributed by atoms with Crippen LogP contribution in [0.3, 0.4) is 0 Å². The van der Waals surface area contributed by atoms with Gasteiger partial charge < -0.3 is 14.2 Å². The van der Waals surface area contributed by atoms with Gasteiger partial charge in [-0.3, -0.25) is 4.79 Å². The molecule has 1 fully saturated rings. The molecule has 4 rings (SSSR count). The Balaban J connectivity index is 1.33. The van der Waals surface area contributed by atoms with Crippen molar-refractivity contribution in [3.63, 3.8) is 0 Å². The van der Waals surface area contributed by atoms with Crippen molar-refractivity contribution >= 4 is 5.91 Å². The summed E-state index contributed by atoms with van der Waals surface area (Å²) in [5.74, 6) is 0.987. The number of nitrogens with zero attached hydrogens (tertiary/aromatic N) is 3. The van der Waals surface area contributed by atoms with Crippen LogP contribution in [0.25, 0.3) is 5.69 Å². The molecule has 3 aromatic rings. The number of likely N-dealkylation sites (tertiary alicyclic amines) is 1. The van der Waals surface area contributed by atoms with Crippen molar-refractivity contribution in [2.24, 2.45) is 0 Å². The number of piperidine rings is 1. The highest BCUT2D eigenvalue weighted by Gasteiger charge is 2.24. The van der Waals surface area contributed by atoms with E-state index < -0.39 is 0 Å². The summed E-state index contributed by atoms with van der Waals surface area (Å²) < 4.78 is 7.97. The van der Waals surface area contributed by atoms with Crippen molar-refractivity contribution in [3.05, 3.63) is 78.4 Å². The van der Waals surface area contributed by atoms with Gasteiger partial charge in [-0.15, -0.1) is 0 Å². The van der Waals surface area contributed by atoms with E-state index in [0.29, 0.717) is 0 Å². The van der Waals surface area contributed by atoms with E-state index in [1.165, 1.54) is 5.56 Å². The van der Waals surface area contributed by atoms with Crippen molar-refractivity contribution in [2.45, 2.75) is 25.9 Å². The highest BCUT2D eigenvalue weighted by Crippen LogP contribution is 2.21. The third-order valence-electron chi connectivity index (χ3n) is 4.97. The number of aryl methyl sites for hydroxylation is 1. The summed E-state index contributed by atoms with van der Waals surface area (Å²) in [5.41, 5.74) is 2.94. The summed E-state index contributed by atoms with van der Waals surface area (Å²) in [6.45, 7) is 3.51. The Morgan fingerprint density at radius 1 is 1.04 bits per heavy atom. The zero-order valence-electron chi connectivity index (χ0n) is 15.4. The van der Waals surface area contributed by atoms with Gasteiger partial charge in [-0.2, -0.15) is 0 Å². The van der Waals surface area contributed by atoms with Crippen LogP contribution >= 0.6 is 0 Å². The molecule has 2 heterocycles. The van der Waals surface area contributed by atoms with Gasteiger partial charge in [0.2, 0.25) is 0 Å². The third-order valence-corrected chi connectivity index (χ3v) is 4.97. The van der Waals surface area contributed by atoms with Gasteiger partial charge in [-0.05, 0) is 43.3 Å². The predicted octanol–water partition coefficient (Wildman–Crippen LogP) is 3.86. The molecular formula is C22H23N3O2. The summed E-state index contributed by atoms with van der Waals surface area (Å²) >= 11 is 0. The van der Waals surface area contributed by atoms with Crippen LogP contribution in [0.1, 0.15) is 28.8 Å². The summed E-state index contributed by atoms with van der Waals surface area (Å²) in [6.07, 6.45) is 7.24. The van der Waals surface area contributed by atoms with E-state index in [4.69, 9.17) is 4.74 Å². The van der Waals surface area contributed by atoms with E-state index in [0.717, 1.165) is 42.9 Å². The first-order valence-corrected chi connectivity index (χ1v) is 9.30. The lowest BCUT2D eigenvalue weighted by atomic mass is 10.1. The highest BCUT2D eigenvalue weighted by atomic mass is 16.5. The van der Waals surface area contributed by atoms with E-state index in [1.54, 1.807) is 12.5 Å². The maximum absolute atomic E-state index is 12.8. The summed E-state index contributed by atoms with van der Waals surface area (Å²) in [5, 5.41) is 0. The minimum absolute atomic E-state index is 0.0842. The minimum atomic E-state index is 0.0842. The van der Waals surface area contributed by atoms with Crippen molar-refractivity contribution in [1.82, 2.24) is 14.5 Å². The van der Waals surface area contributed by atoms with Gasteiger partial charge in [0.25, 0.3) is 5.91 Å². The standard InChI is InChI=1S/C22H23N3O2/c1-17-2-8-20(9-3-17)27-21-10-13-24(14-11-21)22(26)18-4-6-19(7-5-18)25-15-12-23-16-25/h2-9,12,15-16,21H,10-11,13-14H2,1H3. The number of rotatable bonds is 4. The Labute approximate surface area is 159 Å². The van der Waals surface area contributed by atoms with Gasteiger partial charge in [0.05, 0.1) is 6.33 Å². The van der Waals surface area contributed by atoms with Gasteiger partial charge >= 0.3 is 0 Å². The number of imidazole rings is 1. The monoisotopic (exact) mass is 361 g/mol. The lowest BCUT2D eigenvalue weighted by Gasteiger charge is -2.32. The number of ether oxygens (including phenoxy) is 1. The highest BCUT2D eigenvalue weighted by molar-refractivity contribution is 5.94. The van der Waals surface area contributed by atoms with E-state index in [2.05, 4.69) is 24.0 Å². The molecule has 27 heavy (non-hydrogen) atoms. The molecule has 0 bridgehead atoms. The fourth-order valence-corrected chi connectivity index (χ4v) is 3.36. The maximum atomic E-state index is 12.8. The van der Waals surface area contributed by atoms with E-state index in [9.17, 15) is 4.79 Å². The molecule has 1 saturated heterocycles. The number of carbonyl (C=O) groups excluding carboxylic acids is 1. The molecule has 0 atom stereocenters. The molecule has 1 aliphatic heterocycles. The molecular weight excluding hydrogens is 338 g/mol. The predicted molar refractivity (Wildman–Crippen MR) is 104 cm³/mol. The van der Waals surface area contributed by atoms with Crippen LogP contribution in [-0.2, 0) is 0 Å². The first-order valence-electron chi connectivity index (χ1n) is 9.30. The molecule has 2 aromatic carbocycles. The summed E-state index contributed by atoms with van der Waals surface area (Å²) in [6, 6.07) is 15.8. The molecule has 1 amide bonds. The molecule has 5 heteroatoms. The average Bonchev–Trinajstić information content (AvgIpc) is 3.25. The van der Waals surface area contributed by atoms with Crippen LogP contribution in [0, 0.1) is 6.92 Å². The molecule has 0 aliphatic carbocycles. The van der Waals surface area contributed by atoms with Crippen LogP contribution in [0.15, 0.2) is 67.3 Å². The van der Waals surface area contributed by atoms with Crippen LogP contribution in [-0.4, -0.2) is 39.6 Å². The van der Waals surface area contributed by atoms with Gasteiger partial charge in [0.15, 0.2) is 0 Å². The number of hydrogen-bond donors (Lipinski definition) is 0. The molecule has 5 nitrogen and oxygen atoms in total. The molecule has 0 unspecified atom stereocenters. The van der Waals surface area contributed by atoms with Crippen molar-refractivity contribution < 1.29 is 9.53 Å². The van der Waals surface area contributed by atoms with Crippen molar-refractivity contribution in [3.8, 4) is 11.4 Å². The number of aromatic nitrogens is 2. The first kappa shape index (κ1) is 17.3. The molecule has 0 spiro atoms. The zero-order valence-corrected chi connectivity index (χ0v) is 15.4. The fraction of sp³-hybridized carbons (Fsp3) is 0.273. The fourth-order valence-electron chi connectivity index (χ4n) is 3.36. The van der Waals surface area contributed by atoms with Crippen LogP contribution < -0.4 is 4.74 Å². The third kappa shape index (κ3) is 4.03. The number of amides is 1. The minimum Gasteiger partial charge on any atom is -0.490 e. The Morgan fingerprint density at radius 3 is 2.37 bits per heavy atom. The molecule has 1 aliphatic rings. The summed E-state index contributed by atoms with van der Waals surface area (Å²) in [7, 11) is 0. The normalized spacial score (nSPS) is 14.9. The number of carbonyl (C=O) groups is 1. The topological polar surface area (TPSA) is 47.4 Å². The van der Waals surface area contributed by atoms with Gasteiger partial charge in [-0.1, -0.05) is 17.7 Å². The number of benzene rings is 2. The molecule has 138 valence electrons. The lowest BCUT2D eigenvalue weighted by molar-refractivity contribution is 0.0595. The average molecular weight is 361 g/mol. The SMILES string of the molecule is Cc1ccc(OC2CCN(C(=O)c3ccc(-n4ccnc4)cc3)CC2)cc1. The van der Waals surface area contributed by atoms with Gasteiger partial charge in [0, 0.05) is 49.6 Å². The van der Waals surface area contributed by atoms with Gasteiger partial charge in [-0.25, -0.2) is 4.98 Å². The second-order valence-corrected chi connectivity index (χ2v) is 6.94. The van der Waals surface area contributed by atoms with Gasteiger partial charge in [0.1, 0.15) is 11.9 Å². The Morgan fingerprint density at radius 2 is 1.74 bits per heavy atom. The zero-order chi connectivity index (χ0) is 18.6. The Bertz CT molecular complexity index is 878. The van der Waals surface area contributed by atoms with Crippen molar-refractivity contribution in [2.75, 3.05) is 13.1 Å². The quantitative estimate of drug-likeness (QED) is 0.709. The summed E-state index contributed by atoms with van der Waals surface area (Å²) in [4.78, 5) is 18.7. The Hall–Kier alpha value is -3.08. The Kier molecular flexibility index (Phi) is 4.92. The van der Waals surface area contributed by atoms with E-state index in [-0.39, 0.29) is 12.0 Å². The smallest absolute Gasteiger partial charge is 0.253 e. The molecule has 0 radical (unpaired) electrons. The second kappa shape index (κ2) is 7.66. The largest absolute Gasteiger partial charge is 0.490 e.